The Morgan fingerprint density at radius 1 is 1.55 bits per heavy atom. The van der Waals surface area contributed by atoms with Gasteiger partial charge in [-0.1, -0.05) is 20.4 Å². The van der Waals surface area contributed by atoms with Gasteiger partial charge in [-0.05, 0) is 18.9 Å². The number of ether oxygens (including phenoxy) is 1. The van der Waals surface area contributed by atoms with Crippen LogP contribution in [0.5, 0.6) is 0 Å². The zero-order chi connectivity index (χ0) is 8.85. The minimum Gasteiger partial charge on any atom is -0.429 e. The topological polar surface area (TPSA) is 26.3 Å². The predicted molar refractivity (Wildman–Crippen MR) is 44.9 cm³/mol. The predicted octanol–water partition coefficient (Wildman–Crippen LogP) is 2.28. The molecule has 2 nitrogen and oxygen atoms in total. The maximum Gasteiger partial charge on any atom is 0.335 e. The van der Waals surface area contributed by atoms with Crippen LogP contribution >= 0.6 is 0 Å². The third-order valence-corrected chi connectivity index (χ3v) is 0.996. The number of allylic oxidation sites excluding steroid dienone is 2. The Morgan fingerprint density at radius 2 is 2.09 bits per heavy atom. The number of hydrogen-bond acceptors (Lipinski definition) is 2. The summed E-state index contributed by atoms with van der Waals surface area (Å²) in [5.74, 6) is 0.622. The van der Waals surface area contributed by atoms with Gasteiger partial charge in [0.05, 0.1) is 0 Å². The Balaban J connectivity index is 3.95. The molecule has 0 aromatic heterocycles. The number of carbonyl (C=O) groups is 1. The van der Waals surface area contributed by atoms with Crippen molar-refractivity contribution in [3.63, 3.8) is 0 Å². The molecule has 11 heavy (non-hydrogen) atoms. The van der Waals surface area contributed by atoms with E-state index in [4.69, 9.17) is 4.74 Å². The molecule has 0 radical (unpaired) electrons. The summed E-state index contributed by atoms with van der Waals surface area (Å²) < 4.78 is 4.81. The van der Waals surface area contributed by atoms with Crippen LogP contribution in [0.15, 0.2) is 24.5 Å². The van der Waals surface area contributed by atoms with Crippen LogP contribution in [0.3, 0.4) is 0 Å². The molecule has 0 bridgehead atoms. The highest BCUT2D eigenvalue weighted by Crippen LogP contribution is 2.03. The molecule has 0 aliphatic carbocycles. The summed E-state index contributed by atoms with van der Waals surface area (Å²) in [6.07, 6.45) is 3.03. The second kappa shape index (κ2) is 4.72. The molecule has 0 aromatic carbocycles. The summed E-state index contributed by atoms with van der Waals surface area (Å²) in [6.45, 7) is 9.08. The maximum atomic E-state index is 10.6. The van der Waals surface area contributed by atoms with Crippen LogP contribution in [0.1, 0.15) is 20.8 Å². The van der Waals surface area contributed by atoms with E-state index >= 15 is 0 Å². The average Bonchev–Trinajstić information content (AvgIpc) is 1.85. The summed E-state index contributed by atoms with van der Waals surface area (Å²) in [6, 6.07) is 0. The van der Waals surface area contributed by atoms with E-state index in [1.54, 1.807) is 6.92 Å². The fourth-order valence-electron chi connectivity index (χ4n) is 0.704. The Hall–Kier alpha value is -1.05. The standard InChI is InChI=1S/C9H14O2/c1-5-9(10)11-8(4)6-7(2)3/h5-7H,1H2,2-4H3. The van der Waals surface area contributed by atoms with Gasteiger partial charge in [0.25, 0.3) is 0 Å². The zero-order valence-electron chi connectivity index (χ0n) is 7.26. The van der Waals surface area contributed by atoms with Crippen LogP contribution in [0, 0.1) is 5.92 Å². The monoisotopic (exact) mass is 154 g/mol. The van der Waals surface area contributed by atoms with Gasteiger partial charge in [-0.15, -0.1) is 0 Å². The van der Waals surface area contributed by atoms with Crippen LogP contribution in [0.2, 0.25) is 0 Å². The molecule has 0 saturated carbocycles. The van der Waals surface area contributed by atoms with Crippen molar-refractivity contribution in [1.82, 2.24) is 0 Å². The number of esters is 1. The van der Waals surface area contributed by atoms with Crippen molar-refractivity contribution in [1.29, 1.82) is 0 Å². The molecule has 2 heteroatoms. The summed E-state index contributed by atoms with van der Waals surface area (Å²) in [4.78, 5) is 10.6. The minimum absolute atomic E-state index is 0.396. The summed E-state index contributed by atoms with van der Waals surface area (Å²) >= 11 is 0. The SMILES string of the molecule is C=CC(=O)OC(C)=CC(C)C. The molecule has 0 rings (SSSR count). The molecule has 0 spiro atoms. The second-order valence-corrected chi connectivity index (χ2v) is 2.65. The van der Waals surface area contributed by atoms with Gasteiger partial charge in [0.1, 0.15) is 5.76 Å². The molecule has 0 saturated heterocycles. The molecule has 0 aliphatic rings. The van der Waals surface area contributed by atoms with Crippen molar-refractivity contribution in [3.8, 4) is 0 Å². The first kappa shape index (κ1) is 9.95. The fraction of sp³-hybridized carbons (Fsp3) is 0.444. The second-order valence-electron chi connectivity index (χ2n) is 2.65. The Morgan fingerprint density at radius 3 is 2.45 bits per heavy atom. The first-order valence-electron chi connectivity index (χ1n) is 3.59. The van der Waals surface area contributed by atoms with Crippen LogP contribution in [0.25, 0.3) is 0 Å². The molecule has 0 atom stereocenters. The van der Waals surface area contributed by atoms with E-state index in [0.29, 0.717) is 11.7 Å². The van der Waals surface area contributed by atoms with E-state index in [2.05, 4.69) is 6.58 Å². The quantitative estimate of drug-likeness (QED) is 0.354. The highest BCUT2D eigenvalue weighted by Gasteiger charge is 1.97. The lowest BCUT2D eigenvalue weighted by Crippen LogP contribution is -1.98. The van der Waals surface area contributed by atoms with Gasteiger partial charge in [-0.3, -0.25) is 0 Å². The Bertz CT molecular complexity index is 178. The van der Waals surface area contributed by atoms with E-state index < -0.39 is 5.97 Å². The molecule has 0 unspecified atom stereocenters. The zero-order valence-corrected chi connectivity index (χ0v) is 7.26. The molecule has 0 aromatic rings. The third-order valence-electron chi connectivity index (χ3n) is 0.996. The lowest BCUT2D eigenvalue weighted by atomic mass is 10.2. The molecule has 0 amide bonds. The Kier molecular flexibility index (Phi) is 4.27. The van der Waals surface area contributed by atoms with Crippen molar-refractivity contribution in [2.24, 2.45) is 5.92 Å². The van der Waals surface area contributed by atoms with Gasteiger partial charge >= 0.3 is 5.97 Å². The number of hydrogen-bond donors (Lipinski definition) is 0. The molecule has 0 N–H and O–H groups in total. The molecule has 0 aliphatic heterocycles. The van der Waals surface area contributed by atoms with Crippen molar-refractivity contribution in [3.05, 3.63) is 24.5 Å². The number of carbonyl (C=O) groups excluding carboxylic acids is 1. The fourth-order valence-corrected chi connectivity index (χ4v) is 0.704. The van der Waals surface area contributed by atoms with Crippen LogP contribution in [-0.4, -0.2) is 5.97 Å². The minimum atomic E-state index is -0.403. The largest absolute Gasteiger partial charge is 0.429 e. The normalized spacial score (nSPS) is 11.5. The van der Waals surface area contributed by atoms with Gasteiger partial charge in [-0.25, -0.2) is 4.79 Å². The third kappa shape index (κ3) is 5.40. The lowest BCUT2D eigenvalue weighted by Gasteiger charge is -2.01. The molecule has 62 valence electrons. The van der Waals surface area contributed by atoms with E-state index in [1.807, 2.05) is 19.9 Å². The van der Waals surface area contributed by atoms with E-state index in [0.717, 1.165) is 6.08 Å². The lowest BCUT2D eigenvalue weighted by molar-refractivity contribution is -0.133. The van der Waals surface area contributed by atoms with Gasteiger partial charge in [-0.2, -0.15) is 0 Å². The van der Waals surface area contributed by atoms with Crippen molar-refractivity contribution >= 4 is 5.97 Å². The van der Waals surface area contributed by atoms with Gasteiger partial charge in [0.15, 0.2) is 0 Å². The van der Waals surface area contributed by atoms with Gasteiger partial charge in [0.2, 0.25) is 0 Å². The smallest absolute Gasteiger partial charge is 0.335 e. The highest BCUT2D eigenvalue weighted by atomic mass is 16.5. The van der Waals surface area contributed by atoms with Gasteiger partial charge < -0.3 is 4.74 Å². The van der Waals surface area contributed by atoms with E-state index in [9.17, 15) is 4.79 Å². The summed E-state index contributed by atoms with van der Waals surface area (Å²) in [5, 5.41) is 0. The first-order valence-corrected chi connectivity index (χ1v) is 3.59. The maximum absolute atomic E-state index is 10.6. The summed E-state index contributed by atoms with van der Waals surface area (Å²) in [7, 11) is 0. The molecular weight excluding hydrogens is 140 g/mol. The average molecular weight is 154 g/mol. The highest BCUT2D eigenvalue weighted by molar-refractivity contribution is 5.82. The van der Waals surface area contributed by atoms with Crippen molar-refractivity contribution in [2.75, 3.05) is 0 Å². The van der Waals surface area contributed by atoms with Crippen LogP contribution in [0.4, 0.5) is 0 Å². The summed E-state index contributed by atoms with van der Waals surface area (Å²) in [5.41, 5.74) is 0. The van der Waals surface area contributed by atoms with E-state index in [1.165, 1.54) is 0 Å². The van der Waals surface area contributed by atoms with Crippen molar-refractivity contribution < 1.29 is 9.53 Å². The van der Waals surface area contributed by atoms with Gasteiger partial charge in [0, 0.05) is 6.08 Å². The number of rotatable bonds is 3. The first-order chi connectivity index (χ1) is 5.06. The molecule has 0 heterocycles. The van der Waals surface area contributed by atoms with E-state index in [-0.39, 0.29) is 0 Å². The molecular formula is C9H14O2. The van der Waals surface area contributed by atoms with Crippen molar-refractivity contribution in [2.45, 2.75) is 20.8 Å². The van der Waals surface area contributed by atoms with Crippen LogP contribution < -0.4 is 0 Å². The molecule has 0 fully saturated rings. The Labute approximate surface area is 67.6 Å². The van der Waals surface area contributed by atoms with Crippen LogP contribution in [-0.2, 0) is 9.53 Å².